The third kappa shape index (κ3) is 11.8. The molecular weight excluding hydrogens is 1230 g/mol. The van der Waals surface area contributed by atoms with E-state index in [1.54, 1.807) is 51.1 Å². The molecule has 0 aliphatic rings. The van der Waals surface area contributed by atoms with E-state index in [0.29, 0.717) is 45.9 Å². The fourth-order valence-corrected chi connectivity index (χ4v) is 12.4. The number of aromatic nitrogens is 3. The summed E-state index contributed by atoms with van der Waals surface area (Å²) < 4.78 is 179. The maximum absolute atomic E-state index is 12.8. The Balaban J connectivity index is 0.870. The van der Waals surface area contributed by atoms with Crippen LogP contribution in [-0.2, 0) is 50.6 Å². The number of methoxy groups -OCH3 is 1. The van der Waals surface area contributed by atoms with Crippen LogP contribution < -0.4 is 4.74 Å². The largest absolute Gasteiger partial charge is 0.507 e. The van der Waals surface area contributed by atoms with E-state index in [9.17, 15) is 75.1 Å². The van der Waals surface area contributed by atoms with Crippen LogP contribution in [-0.4, -0.2) is 97.2 Å². The van der Waals surface area contributed by atoms with Crippen LogP contribution in [0.15, 0.2) is 187 Å². The molecule has 0 aliphatic carbocycles. The van der Waals surface area contributed by atoms with Crippen molar-refractivity contribution in [3.8, 4) is 22.9 Å². The average molecular weight is 1270 g/mol. The van der Waals surface area contributed by atoms with Crippen LogP contribution in [0.1, 0.15) is 16.7 Å². The minimum atomic E-state index is -5.20. The third-order valence-corrected chi connectivity index (χ3v) is 17.4. The number of ether oxygens (including phenoxy) is 1. The van der Waals surface area contributed by atoms with Crippen molar-refractivity contribution in [3.05, 3.63) is 138 Å². The first-order valence-electron chi connectivity index (χ1n) is 24.2. The van der Waals surface area contributed by atoms with Crippen LogP contribution in [0.3, 0.4) is 0 Å². The molecule has 0 fully saturated rings. The Bertz CT molecular complexity index is 5330. The number of phenolic OH excluding ortho intramolecular Hbond substituents is 2. The van der Waals surface area contributed by atoms with Crippen molar-refractivity contribution < 1.29 is 79.8 Å². The molecule has 0 unspecified atom stereocenters. The van der Waals surface area contributed by atoms with Gasteiger partial charge >= 0.3 is 0 Å². The van der Waals surface area contributed by atoms with Gasteiger partial charge in [0.1, 0.15) is 59.2 Å². The maximum atomic E-state index is 12.8. The highest BCUT2D eigenvalue weighted by Gasteiger charge is 2.29. The van der Waals surface area contributed by atoms with Gasteiger partial charge in [0, 0.05) is 27.6 Å². The van der Waals surface area contributed by atoms with Gasteiger partial charge in [-0.15, -0.1) is 25.5 Å². The molecule has 0 atom stereocenters. The monoisotopic (exact) mass is 1270 g/mol. The Kier molecular flexibility index (Phi) is 15.2. The van der Waals surface area contributed by atoms with Crippen molar-refractivity contribution >= 4 is 139 Å². The molecule has 0 amide bonds. The molecule has 10 aromatic rings. The lowest BCUT2D eigenvalue weighted by molar-refractivity contribution is 0.416. The number of hydrogen-bond donors (Lipinski definition) is 7. The molecule has 0 bridgehead atoms. The van der Waals surface area contributed by atoms with Gasteiger partial charge in [-0.2, -0.15) is 72.5 Å². The van der Waals surface area contributed by atoms with Gasteiger partial charge in [-0.05, 0) is 140 Å². The topological polar surface area (TPSA) is 451 Å². The summed E-state index contributed by atoms with van der Waals surface area (Å²) in [5.41, 5.74) is 2.40. The lowest BCUT2D eigenvalue weighted by Crippen LogP contribution is -2.05. The number of aromatic hydroxyl groups is 2. The van der Waals surface area contributed by atoms with E-state index in [4.69, 9.17) is 4.74 Å². The van der Waals surface area contributed by atoms with E-state index in [-0.39, 0.29) is 66.5 Å². The lowest BCUT2D eigenvalue weighted by atomic mass is 10.1. The van der Waals surface area contributed by atoms with Crippen molar-refractivity contribution in [3.63, 3.8) is 0 Å². The summed E-state index contributed by atoms with van der Waals surface area (Å²) in [4.78, 5) is -3.43. The fourth-order valence-electron chi connectivity index (χ4n) is 8.94. The number of hydrogen-bond acceptors (Lipinski definition) is 23. The Morgan fingerprint density at radius 2 is 0.988 bits per heavy atom. The molecule has 86 heavy (non-hydrogen) atoms. The van der Waals surface area contributed by atoms with Gasteiger partial charge in [0.25, 0.3) is 50.6 Å². The Labute approximate surface area is 485 Å². The van der Waals surface area contributed by atoms with Crippen LogP contribution in [0.2, 0.25) is 0 Å². The first kappa shape index (κ1) is 59.7. The minimum Gasteiger partial charge on any atom is -0.507 e. The molecule has 0 saturated heterocycles. The number of azo groups is 4. The zero-order chi connectivity index (χ0) is 62.2. The normalized spacial score (nSPS) is 13.1. The molecule has 0 aliphatic heterocycles. The smallest absolute Gasteiger partial charge is 0.296 e. The second-order valence-electron chi connectivity index (χ2n) is 18.8. The Hall–Kier alpha value is -9.49. The lowest BCUT2D eigenvalue weighted by Gasteiger charge is -2.11. The maximum Gasteiger partial charge on any atom is 0.296 e. The minimum absolute atomic E-state index is 0.0417. The predicted molar refractivity (Wildman–Crippen MR) is 307 cm³/mol. The molecule has 440 valence electrons. The van der Waals surface area contributed by atoms with Gasteiger partial charge in [-0.1, -0.05) is 18.2 Å². The van der Waals surface area contributed by atoms with Crippen molar-refractivity contribution in [2.45, 2.75) is 45.2 Å². The predicted octanol–water partition coefficient (Wildman–Crippen LogP) is 12.1. The van der Waals surface area contributed by atoms with Gasteiger partial charge < -0.3 is 14.9 Å². The summed E-state index contributed by atoms with van der Waals surface area (Å²) in [6.45, 7) is 5.12. The molecule has 29 nitrogen and oxygen atoms in total. The van der Waals surface area contributed by atoms with Crippen LogP contribution in [0.4, 0.5) is 45.5 Å². The van der Waals surface area contributed by atoms with Gasteiger partial charge in [-0.3, -0.25) is 22.8 Å². The number of benzene rings is 9. The van der Waals surface area contributed by atoms with Gasteiger partial charge in [-0.25, -0.2) is 0 Å². The molecule has 10 rings (SSSR count). The summed E-state index contributed by atoms with van der Waals surface area (Å²) in [5, 5.41) is 63.6. The van der Waals surface area contributed by atoms with Crippen molar-refractivity contribution in [2.75, 3.05) is 7.11 Å². The standard InChI is InChI=1S/C52H39N11O18S5/c1-25-16-29(8-13-37(25)55-56-38-14-9-30(21-43(38)81-4)54-59-50-47(86(78,79)80)24-45(84(72,73)74)35-6-5-7-42(64)48(35)50)53-57-40-17-27(3)41(18-26(40)2)58-60-51-46(85(75,76)77)20-28-19-31(10-11-33(28)52(51)65)63-61-39-15-12-34-36(49(39)62-63)22-32(82(66,67)68)23-44(34)83(69,70)71/h5-24,64-65H,1-4H3,(H,66,67,68)(H,69,70,71)(H,72,73,74)(H,75,76,77)(H,78,79,80). The van der Waals surface area contributed by atoms with Crippen LogP contribution in [0.25, 0.3) is 49.0 Å². The summed E-state index contributed by atoms with van der Waals surface area (Å²) in [6.07, 6.45) is 0. The molecule has 1 aromatic heterocycles. The van der Waals surface area contributed by atoms with Crippen molar-refractivity contribution in [2.24, 2.45) is 40.9 Å². The summed E-state index contributed by atoms with van der Waals surface area (Å²) in [5.74, 6) is -1.18. The van der Waals surface area contributed by atoms with Gasteiger partial charge in [0.2, 0.25) is 0 Å². The highest BCUT2D eigenvalue weighted by atomic mass is 32.2. The first-order chi connectivity index (χ1) is 40.3. The highest BCUT2D eigenvalue weighted by Crippen LogP contribution is 2.45. The van der Waals surface area contributed by atoms with E-state index in [2.05, 4.69) is 51.1 Å². The first-order valence-corrected chi connectivity index (χ1v) is 31.4. The van der Waals surface area contributed by atoms with Crippen molar-refractivity contribution in [1.82, 2.24) is 15.0 Å². The van der Waals surface area contributed by atoms with Crippen LogP contribution >= 0.6 is 0 Å². The summed E-state index contributed by atoms with van der Waals surface area (Å²) in [6, 6.07) is 25.7. The van der Waals surface area contributed by atoms with Gasteiger partial charge in [0.05, 0.1) is 51.5 Å². The molecule has 9 aromatic carbocycles. The van der Waals surface area contributed by atoms with Crippen LogP contribution in [0.5, 0.6) is 17.2 Å². The van der Waals surface area contributed by atoms with E-state index >= 15 is 0 Å². The zero-order valence-corrected chi connectivity index (χ0v) is 48.2. The molecule has 1 heterocycles. The summed E-state index contributed by atoms with van der Waals surface area (Å²) in [7, 11) is -24.0. The van der Waals surface area contributed by atoms with Gasteiger partial charge in [0.15, 0.2) is 5.75 Å². The third-order valence-electron chi connectivity index (χ3n) is 13.1. The fraction of sp³-hybridized carbons (Fsp3) is 0.0769. The van der Waals surface area contributed by atoms with E-state index < -0.39 is 103 Å². The molecule has 0 radical (unpaired) electrons. The number of phenols is 2. The van der Waals surface area contributed by atoms with E-state index in [0.717, 1.165) is 23.0 Å². The highest BCUT2D eigenvalue weighted by molar-refractivity contribution is 7.87. The number of aryl methyl sites for hydroxylation is 3. The molecule has 34 heteroatoms. The van der Waals surface area contributed by atoms with E-state index in [1.807, 2.05) is 0 Å². The number of nitrogens with zero attached hydrogens (tertiary/aromatic N) is 11. The molecule has 0 spiro atoms. The molecular formula is C52H39N11O18S5. The quantitative estimate of drug-likeness (QED) is 0.0370. The second kappa shape index (κ2) is 21.9. The zero-order valence-electron chi connectivity index (χ0n) is 44.1. The number of rotatable bonds is 15. The van der Waals surface area contributed by atoms with E-state index in [1.165, 1.54) is 67.8 Å². The Morgan fingerprint density at radius 3 is 1.62 bits per heavy atom. The Morgan fingerprint density at radius 1 is 0.442 bits per heavy atom. The second-order valence-corrected chi connectivity index (χ2v) is 25.7. The SMILES string of the molecule is COc1cc(N=Nc2c(S(=O)(=O)O)cc(S(=O)(=O)O)c3cccc(O)c23)ccc1N=Nc1ccc(N=Nc2cc(C)c(N=Nc3c(S(=O)(=O)O)cc4cc(-n5nc6ccc7c(S(=O)(=O)O)cc(S(=O)(=O)O)cc7c6n5)ccc4c3O)cc2C)cc1C. The van der Waals surface area contributed by atoms with Crippen molar-refractivity contribution in [1.29, 1.82) is 0 Å². The molecule has 0 saturated carbocycles. The number of fused-ring (bicyclic) bond motifs is 5. The average Bonchev–Trinajstić information content (AvgIpc) is 1.50. The summed E-state index contributed by atoms with van der Waals surface area (Å²) >= 11 is 0. The van der Waals surface area contributed by atoms with Crippen LogP contribution in [0, 0.1) is 20.8 Å². The molecule has 7 N–H and O–H groups in total.